The van der Waals surface area contributed by atoms with E-state index in [-0.39, 0.29) is 28.6 Å². The molecule has 0 aliphatic heterocycles. The number of carbonyl (C=O) groups is 1. The average molecular weight is 311 g/mol. The molecule has 2 heterocycles. The molecule has 0 saturated heterocycles. The van der Waals surface area contributed by atoms with E-state index in [1.54, 1.807) is 6.20 Å². The molecule has 20 heavy (non-hydrogen) atoms. The third-order valence-electron chi connectivity index (χ3n) is 2.66. The predicted octanol–water partition coefficient (Wildman–Crippen LogP) is 3.20. The van der Waals surface area contributed by atoms with Gasteiger partial charge in [-0.25, -0.2) is 15.0 Å². The molecule has 5 nitrogen and oxygen atoms in total. The van der Waals surface area contributed by atoms with Crippen LogP contribution in [0.3, 0.4) is 0 Å². The molecule has 2 aromatic heterocycles. The van der Waals surface area contributed by atoms with Gasteiger partial charge in [-0.15, -0.1) is 11.3 Å². The maximum atomic E-state index is 12.2. The first-order chi connectivity index (χ1) is 9.49. The molecule has 7 heteroatoms. The summed E-state index contributed by atoms with van der Waals surface area (Å²) in [6.07, 6.45) is 3.17. The quantitative estimate of drug-likeness (QED) is 0.941. The van der Waals surface area contributed by atoms with Crippen molar-refractivity contribution in [3.8, 4) is 0 Å². The summed E-state index contributed by atoms with van der Waals surface area (Å²) in [7, 11) is 0. The van der Waals surface area contributed by atoms with Crippen LogP contribution in [0.5, 0.6) is 0 Å². The molecule has 0 radical (unpaired) electrons. The normalized spacial score (nSPS) is 12.4. The molecule has 2 rings (SSSR count). The lowest BCUT2D eigenvalue weighted by Gasteiger charge is -2.12. The molecule has 1 unspecified atom stereocenters. The number of amides is 1. The number of aromatic nitrogens is 3. The Morgan fingerprint density at radius 2 is 2.10 bits per heavy atom. The number of halogens is 1. The number of nitrogens with one attached hydrogen (secondary N) is 1. The van der Waals surface area contributed by atoms with Gasteiger partial charge >= 0.3 is 0 Å². The molecular formula is C13H15ClN4OS. The molecule has 2 aromatic rings. The molecule has 0 fully saturated rings. The number of hydrogen-bond acceptors (Lipinski definition) is 5. The Balaban J connectivity index is 2.18. The van der Waals surface area contributed by atoms with Crippen molar-refractivity contribution >= 4 is 28.8 Å². The summed E-state index contributed by atoms with van der Waals surface area (Å²) in [5.41, 5.74) is 0.203. The Kier molecular flexibility index (Phi) is 4.67. The highest BCUT2D eigenvalue weighted by Gasteiger charge is 2.18. The van der Waals surface area contributed by atoms with Crippen LogP contribution in [0.2, 0.25) is 5.02 Å². The van der Waals surface area contributed by atoms with Crippen molar-refractivity contribution in [3.05, 3.63) is 39.3 Å². The molecule has 1 atom stereocenters. The number of carbonyl (C=O) groups excluding carboxylic acids is 1. The van der Waals surface area contributed by atoms with Gasteiger partial charge in [0.2, 0.25) is 0 Å². The molecule has 1 amide bonds. The van der Waals surface area contributed by atoms with Gasteiger partial charge in [0.1, 0.15) is 16.5 Å². The fraction of sp³-hybridized carbons (Fsp3) is 0.385. The zero-order chi connectivity index (χ0) is 14.7. The largest absolute Gasteiger partial charge is 0.342 e. The van der Waals surface area contributed by atoms with E-state index in [2.05, 4.69) is 20.3 Å². The first-order valence-corrected chi connectivity index (χ1v) is 7.47. The second-order valence-electron chi connectivity index (χ2n) is 4.64. The van der Waals surface area contributed by atoms with Gasteiger partial charge in [-0.1, -0.05) is 25.4 Å². The van der Waals surface area contributed by atoms with E-state index in [4.69, 9.17) is 11.6 Å². The summed E-state index contributed by atoms with van der Waals surface area (Å²) in [5, 5.41) is 5.80. The molecule has 0 spiro atoms. The highest BCUT2D eigenvalue weighted by molar-refractivity contribution is 7.09. The topological polar surface area (TPSA) is 67.8 Å². The van der Waals surface area contributed by atoms with Gasteiger partial charge in [-0.2, -0.15) is 0 Å². The van der Waals surface area contributed by atoms with Crippen molar-refractivity contribution in [2.75, 3.05) is 0 Å². The van der Waals surface area contributed by atoms with Crippen LogP contribution in [0.25, 0.3) is 0 Å². The van der Waals surface area contributed by atoms with Crippen molar-refractivity contribution in [2.45, 2.75) is 32.7 Å². The van der Waals surface area contributed by atoms with E-state index in [1.807, 2.05) is 26.2 Å². The predicted molar refractivity (Wildman–Crippen MR) is 79.1 cm³/mol. The van der Waals surface area contributed by atoms with Crippen LogP contribution < -0.4 is 5.32 Å². The van der Waals surface area contributed by atoms with Crippen molar-refractivity contribution in [2.24, 2.45) is 0 Å². The summed E-state index contributed by atoms with van der Waals surface area (Å²) in [5.74, 6) is 0.415. The maximum Gasteiger partial charge on any atom is 0.272 e. The molecule has 0 aromatic carbocycles. The van der Waals surface area contributed by atoms with Crippen LogP contribution in [-0.2, 0) is 0 Å². The van der Waals surface area contributed by atoms with E-state index in [1.165, 1.54) is 17.5 Å². The first kappa shape index (κ1) is 14.9. The van der Waals surface area contributed by atoms with Crippen molar-refractivity contribution in [1.29, 1.82) is 0 Å². The fourth-order valence-electron chi connectivity index (χ4n) is 1.59. The Hall–Kier alpha value is -1.53. The second kappa shape index (κ2) is 6.28. The molecule has 0 saturated carbocycles. The fourth-order valence-corrected chi connectivity index (χ4v) is 2.42. The number of nitrogens with zero attached hydrogens (tertiary/aromatic N) is 3. The van der Waals surface area contributed by atoms with Gasteiger partial charge < -0.3 is 5.32 Å². The minimum absolute atomic E-state index is 0.134. The second-order valence-corrected chi connectivity index (χ2v) is 5.98. The standard InChI is InChI=1S/C13H15ClN4OS/c1-7(2)11-16-6-9(14)10(18-11)12(19)17-8(3)13-15-4-5-20-13/h4-8H,1-3H3,(H,17,19). The summed E-state index contributed by atoms with van der Waals surface area (Å²) >= 11 is 7.49. The van der Waals surface area contributed by atoms with Crippen LogP contribution in [0, 0.1) is 0 Å². The molecule has 0 aliphatic rings. The average Bonchev–Trinajstić information content (AvgIpc) is 2.92. The number of thiazole rings is 1. The van der Waals surface area contributed by atoms with Crippen molar-refractivity contribution in [3.63, 3.8) is 0 Å². The summed E-state index contributed by atoms with van der Waals surface area (Å²) in [4.78, 5) is 24.8. The van der Waals surface area contributed by atoms with Gasteiger partial charge in [0.05, 0.1) is 17.3 Å². The first-order valence-electron chi connectivity index (χ1n) is 6.21. The van der Waals surface area contributed by atoms with Crippen molar-refractivity contribution in [1.82, 2.24) is 20.3 Å². The Labute approximate surface area is 126 Å². The van der Waals surface area contributed by atoms with Crippen LogP contribution in [0.4, 0.5) is 0 Å². The lowest BCUT2D eigenvalue weighted by atomic mass is 10.2. The molecular weight excluding hydrogens is 296 g/mol. The van der Waals surface area contributed by atoms with E-state index in [0.717, 1.165) is 5.01 Å². The van der Waals surface area contributed by atoms with Gasteiger partial charge in [0, 0.05) is 17.5 Å². The minimum atomic E-state index is -0.318. The summed E-state index contributed by atoms with van der Waals surface area (Å²) in [6.45, 7) is 5.79. The third kappa shape index (κ3) is 3.32. The third-order valence-corrected chi connectivity index (χ3v) is 3.90. The summed E-state index contributed by atoms with van der Waals surface area (Å²) < 4.78 is 0. The van der Waals surface area contributed by atoms with Crippen LogP contribution in [-0.4, -0.2) is 20.9 Å². The molecule has 106 valence electrons. The molecule has 0 bridgehead atoms. The van der Waals surface area contributed by atoms with E-state index >= 15 is 0 Å². The van der Waals surface area contributed by atoms with Crippen LogP contribution in [0.15, 0.2) is 17.8 Å². The van der Waals surface area contributed by atoms with Gasteiger partial charge in [0.15, 0.2) is 0 Å². The lowest BCUT2D eigenvalue weighted by molar-refractivity contribution is 0.0934. The highest BCUT2D eigenvalue weighted by atomic mass is 35.5. The molecule has 0 aliphatic carbocycles. The van der Waals surface area contributed by atoms with Crippen LogP contribution in [0.1, 0.15) is 54.1 Å². The monoisotopic (exact) mass is 310 g/mol. The van der Waals surface area contributed by atoms with E-state index < -0.39 is 0 Å². The number of hydrogen-bond donors (Lipinski definition) is 1. The maximum absolute atomic E-state index is 12.2. The Morgan fingerprint density at radius 3 is 2.70 bits per heavy atom. The Morgan fingerprint density at radius 1 is 1.35 bits per heavy atom. The minimum Gasteiger partial charge on any atom is -0.342 e. The lowest BCUT2D eigenvalue weighted by Crippen LogP contribution is -2.28. The van der Waals surface area contributed by atoms with E-state index in [0.29, 0.717) is 5.82 Å². The smallest absolute Gasteiger partial charge is 0.272 e. The van der Waals surface area contributed by atoms with Crippen molar-refractivity contribution < 1.29 is 4.79 Å². The van der Waals surface area contributed by atoms with E-state index in [9.17, 15) is 4.79 Å². The van der Waals surface area contributed by atoms with Crippen LogP contribution >= 0.6 is 22.9 Å². The SMILES string of the molecule is CC(C)c1ncc(Cl)c(C(=O)NC(C)c2nccs2)n1. The zero-order valence-corrected chi connectivity index (χ0v) is 13.0. The Bertz CT molecular complexity index is 600. The zero-order valence-electron chi connectivity index (χ0n) is 11.4. The van der Waals surface area contributed by atoms with Gasteiger partial charge in [-0.3, -0.25) is 4.79 Å². The van der Waals surface area contributed by atoms with Gasteiger partial charge in [0.25, 0.3) is 5.91 Å². The molecule has 1 N–H and O–H groups in total. The highest BCUT2D eigenvalue weighted by Crippen LogP contribution is 2.19. The van der Waals surface area contributed by atoms with Gasteiger partial charge in [-0.05, 0) is 6.92 Å². The number of rotatable bonds is 4. The summed E-state index contributed by atoms with van der Waals surface area (Å²) in [6, 6.07) is -0.184.